The van der Waals surface area contributed by atoms with Crippen LogP contribution in [0.3, 0.4) is 0 Å². The maximum Gasteiger partial charge on any atom is 0.389 e. The predicted octanol–water partition coefficient (Wildman–Crippen LogP) is 1.72. The van der Waals surface area contributed by atoms with Crippen LogP contribution in [-0.2, 0) is 9.53 Å². The molecule has 0 aliphatic carbocycles. The first-order valence-electron chi connectivity index (χ1n) is 5.88. The topological polar surface area (TPSA) is 78.3 Å². The van der Waals surface area contributed by atoms with Crippen molar-refractivity contribution < 1.29 is 22.7 Å². The lowest BCUT2D eigenvalue weighted by molar-refractivity contribution is -0.137. The lowest BCUT2D eigenvalue weighted by Crippen LogP contribution is -2.49. The number of amides is 1. The van der Waals surface area contributed by atoms with Gasteiger partial charge >= 0.3 is 6.18 Å². The summed E-state index contributed by atoms with van der Waals surface area (Å²) < 4.78 is 40.4. The summed E-state index contributed by atoms with van der Waals surface area (Å²) in [6.07, 6.45) is -3.24. The van der Waals surface area contributed by atoms with E-state index in [0.29, 0.717) is 25.9 Å². The molecular weight excluding hydrogens is 249 g/mol. The van der Waals surface area contributed by atoms with Gasteiger partial charge in [-0.2, -0.15) is 13.2 Å². The Labute approximate surface area is 105 Å². The van der Waals surface area contributed by atoms with Crippen LogP contribution in [-0.4, -0.2) is 30.8 Å². The highest BCUT2D eigenvalue weighted by Crippen LogP contribution is 2.21. The van der Waals surface area contributed by atoms with Crippen molar-refractivity contribution >= 4 is 5.91 Å². The maximum atomic E-state index is 11.8. The number of unbranched alkanes of at least 4 members (excludes halogenated alkanes) is 1. The van der Waals surface area contributed by atoms with Gasteiger partial charge in [-0.25, -0.2) is 0 Å². The molecule has 0 saturated carbocycles. The Morgan fingerprint density at radius 1 is 1.11 bits per heavy atom. The molecule has 0 aromatic carbocycles. The van der Waals surface area contributed by atoms with Gasteiger partial charge in [-0.15, -0.1) is 0 Å². The number of carbonyl (C=O) groups is 1. The Hall–Kier alpha value is -0.820. The monoisotopic (exact) mass is 270 g/mol. The zero-order chi connectivity index (χ0) is 14.2. The normalized spacial score (nSPS) is 15.4. The van der Waals surface area contributed by atoms with Crippen molar-refractivity contribution in [3.05, 3.63) is 0 Å². The minimum absolute atomic E-state index is 0.0284. The molecule has 1 unspecified atom stereocenters. The van der Waals surface area contributed by atoms with Crippen LogP contribution in [0.4, 0.5) is 13.2 Å². The van der Waals surface area contributed by atoms with E-state index >= 15 is 0 Å². The first-order chi connectivity index (χ1) is 8.15. The molecule has 7 heteroatoms. The zero-order valence-electron chi connectivity index (χ0n) is 10.6. The molecule has 4 N–H and O–H groups in total. The highest BCUT2D eigenvalue weighted by molar-refractivity contribution is 5.83. The second-order valence-corrected chi connectivity index (χ2v) is 4.57. The van der Waals surface area contributed by atoms with E-state index in [1.54, 1.807) is 6.92 Å². The Morgan fingerprint density at radius 2 is 1.67 bits per heavy atom. The van der Waals surface area contributed by atoms with Gasteiger partial charge in [0, 0.05) is 19.6 Å². The standard InChI is InChI=1S/C11H21F3N2O2/c1-10(16,9(15)17)5-2-3-7-18-8-4-6-11(12,13)14/h2-8,16H2,1H3,(H2,15,17). The Kier molecular flexibility index (Phi) is 7.23. The van der Waals surface area contributed by atoms with Crippen LogP contribution >= 0.6 is 0 Å². The Morgan fingerprint density at radius 3 is 2.17 bits per heavy atom. The quantitative estimate of drug-likeness (QED) is 0.626. The number of carbonyl (C=O) groups excluding carboxylic acids is 1. The summed E-state index contributed by atoms with van der Waals surface area (Å²) in [7, 11) is 0. The molecule has 0 aromatic heterocycles. The SMILES string of the molecule is CC(N)(CCCCOCCCC(F)(F)F)C(N)=O. The van der Waals surface area contributed by atoms with Gasteiger partial charge in [0.15, 0.2) is 0 Å². The number of rotatable bonds is 9. The molecule has 1 amide bonds. The summed E-state index contributed by atoms with van der Waals surface area (Å²) in [5.41, 5.74) is 9.69. The molecule has 0 rings (SSSR count). The molecule has 0 bridgehead atoms. The van der Waals surface area contributed by atoms with Crippen LogP contribution in [0.2, 0.25) is 0 Å². The van der Waals surface area contributed by atoms with Gasteiger partial charge in [0.1, 0.15) is 0 Å². The highest BCUT2D eigenvalue weighted by atomic mass is 19.4. The minimum atomic E-state index is -4.12. The van der Waals surface area contributed by atoms with Crippen LogP contribution < -0.4 is 11.5 Å². The van der Waals surface area contributed by atoms with Crippen molar-refractivity contribution in [1.82, 2.24) is 0 Å². The molecule has 0 heterocycles. The van der Waals surface area contributed by atoms with Crippen molar-refractivity contribution in [2.45, 2.75) is 50.7 Å². The van der Waals surface area contributed by atoms with Crippen LogP contribution in [0.25, 0.3) is 0 Å². The summed E-state index contributed by atoms with van der Waals surface area (Å²) in [5.74, 6) is -0.561. The molecule has 0 spiro atoms. The fraction of sp³-hybridized carbons (Fsp3) is 0.909. The third-order valence-electron chi connectivity index (χ3n) is 2.55. The molecule has 0 fully saturated rings. The predicted molar refractivity (Wildman–Crippen MR) is 61.7 cm³/mol. The van der Waals surface area contributed by atoms with Crippen molar-refractivity contribution in [2.24, 2.45) is 11.5 Å². The third-order valence-corrected chi connectivity index (χ3v) is 2.55. The molecule has 0 aliphatic rings. The van der Waals surface area contributed by atoms with Crippen LogP contribution in [0, 0.1) is 0 Å². The average molecular weight is 270 g/mol. The first kappa shape index (κ1) is 17.2. The molecule has 0 aliphatic heterocycles. The summed E-state index contributed by atoms with van der Waals surface area (Å²) in [6.45, 7) is 2.02. The van der Waals surface area contributed by atoms with Gasteiger partial charge in [-0.3, -0.25) is 4.79 Å². The van der Waals surface area contributed by atoms with Gasteiger partial charge < -0.3 is 16.2 Å². The number of alkyl halides is 3. The average Bonchev–Trinajstić information content (AvgIpc) is 2.20. The second kappa shape index (κ2) is 7.58. The van der Waals surface area contributed by atoms with E-state index in [1.807, 2.05) is 0 Å². The maximum absolute atomic E-state index is 11.8. The Balaban J connectivity index is 3.40. The molecule has 108 valence electrons. The first-order valence-corrected chi connectivity index (χ1v) is 5.88. The lowest BCUT2D eigenvalue weighted by atomic mass is 9.96. The van der Waals surface area contributed by atoms with Crippen molar-refractivity contribution in [3.63, 3.8) is 0 Å². The number of primary amides is 1. The van der Waals surface area contributed by atoms with Gasteiger partial charge in [0.05, 0.1) is 5.54 Å². The van der Waals surface area contributed by atoms with E-state index in [-0.39, 0.29) is 13.0 Å². The number of nitrogens with two attached hydrogens (primary N) is 2. The van der Waals surface area contributed by atoms with E-state index in [9.17, 15) is 18.0 Å². The Bertz CT molecular complexity index is 255. The molecule has 0 saturated heterocycles. The van der Waals surface area contributed by atoms with E-state index in [0.717, 1.165) is 0 Å². The van der Waals surface area contributed by atoms with Crippen LogP contribution in [0.5, 0.6) is 0 Å². The molecule has 4 nitrogen and oxygen atoms in total. The molecule has 18 heavy (non-hydrogen) atoms. The number of ether oxygens (including phenoxy) is 1. The minimum Gasteiger partial charge on any atom is -0.381 e. The van der Waals surface area contributed by atoms with Crippen LogP contribution in [0.1, 0.15) is 39.0 Å². The van der Waals surface area contributed by atoms with Gasteiger partial charge in [-0.1, -0.05) is 0 Å². The molecule has 0 aromatic rings. The summed E-state index contributed by atoms with van der Waals surface area (Å²) >= 11 is 0. The van der Waals surface area contributed by atoms with Crippen molar-refractivity contribution in [2.75, 3.05) is 13.2 Å². The van der Waals surface area contributed by atoms with Gasteiger partial charge in [0.2, 0.25) is 5.91 Å². The van der Waals surface area contributed by atoms with E-state index in [2.05, 4.69) is 0 Å². The fourth-order valence-corrected chi connectivity index (χ4v) is 1.30. The van der Waals surface area contributed by atoms with E-state index in [1.165, 1.54) is 0 Å². The fourth-order valence-electron chi connectivity index (χ4n) is 1.30. The molecular formula is C11H21F3N2O2. The molecule has 0 radical (unpaired) electrons. The van der Waals surface area contributed by atoms with Gasteiger partial charge in [0.25, 0.3) is 0 Å². The highest BCUT2D eigenvalue weighted by Gasteiger charge is 2.26. The number of hydrogen-bond acceptors (Lipinski definition) is 3. The smallest absolute Gasteiger partial charge is 0.381 e. The number of halogens is 3. The summed E-state index contributed by atoms with van der Waals surface area (Å²) in [4.78, 5) is 10.9. The summed E-state index contributed by atoms with van der Waals surface area (Å²) in [5, 5.41) is 0. The number of hydrogen-bond donors (Lipinski definition) is 2. The van der Waals surface area contributed by atoms with Crippen molar-refractivity contribution in [1.29, 1.82) is 0 Å². The lowest BCUT2D eigenvalue weighted by Gasteiger charge is -2.19. The van der Waals surface area contributed by atoms with Gasteiger partial charge in [-0.05, 0) is 32.6 Å². The molecule has 1 atom stereocenters. The third kappa shape index (κ3) is 9.23. The zero-order valence-corrected chi connectivity index (χ0v) is 10.6. The van der Waals surface area contributed by atoms with E-state index < -0.39 is 24.0 Å². The van der Waals surface area contributed by atoms with E-state index in [4.69, 9.17) is 16.2 Å². The second-order valence-electron chi connectivity index (χ2n) is 4.57. The van der Waals surface area contributed by atoms with Crippen molar-refractivity contribution in [3.8, 4) is 0 Å². The summed E-state index contributed by atoms with van der Waals surface area (Å²) in [6, 6.07) is 0. The van der Waals surface area contributed by atoms with Crippen LogP contribution in [0.15, 0.2) is 0 Å². The largest absolute Gasteiger partial charge is 0.389 e.